The van der Waals surface area contributed by atoms with Crippen molar-refractivity contribution in [2.24, 2.45) is 0 Å². The van der Waals surface area contributed by atoms with E-state index in [1.807, 2.05) is 25.1 Å². The molecule has 20 heavy (non-hydrogen) atoms. The number of benzene rings is 2. The van der Waals surface area contributed by atoms with Gasteiger partial charge in [-0.15, -0.1) is 0 Å². The van der Waals surface area contributed by atoms with Crippen LogP contribution in [0.15, 0.2) is 42.5 Å². The molecule has 104 valence electrons. The van der Waals surface area contributed by atoms with Crippen molar-refractivity contribution >= 4 is 11.7 Å². The van der Waals surface area contributed by atoms with E-state index in [-0.39, 0.29) is 0 Å². The van der Waals surface area contributed by atoms with Gasteiger partial charge in [-0.2, -0.15) is 0 Å². The van der Waals surface area contributed by atoms with E-state index in [0.29, 0.717) is 16.8 Å². The first-order valence-electron chi connectivity index (χ1n) is 6.29. The zero-order chi connectivity index (χ0) is 14.7. The van der Waals surface area contributed by atoms with Crippen molar-refractivity contribution in [3.05, 3.63) is 65.0 Å². The standard InChI is InChI=1S/C16H16FNO2/c1-10-4-3-5-13(8-10)18-15(16(19)20)12-7-6-11(2)14(17)9-12/h3-9,15,18H,1-2H3,(H,19,20). The summed E-state index contributed by atoms with van der Waals surface area (Å²) in [5, 5.41) is 12.2. The Morgan fingerprint density at radius 1 is 1.20 bits per heavy atom. The van der Waals surface area contributed by atoms with Gasteiger partial charge in [-0.05, 0) is 48.7 Å². The summed E-state index contributed by atoms with van der Waals surface area (Å²) in [5.74, 6) is -1.45. The van der Waals surface area contributed by atoms with Crippen molar-refractivity contribution in [2.75, 3.05) is 5.32 Å². The molecule has 0 radical (unpaired) electrons. The van der Waals surface area contributed by atoms with Crippen LogP contribution in [-0.4, -0.2) is 11.1 Å². The van der Waals surface area contributed by atoms with Crippen LogP contribution < -0.4 is 5.32 Å². The van der Waals surface area contributed by atoms with Gasteiger partial charge in [-0.25, -0.2) is 9.18 Å². The summed E-state index contributed by atoms with van der Waals surface area (Å²) in [5.41, 5.74) is 2.60. The highest BCUT2D eigenvalue weighted by Crippen LogP contribution is 2.22. The summed E-state index contributed by atoms with van der Waals surface area (Å²) in [6.07, 6.45) is 0. The van der Waals surface area contributed by atoms with Crippen molar-refractivity contribution in [3.8, 4) is 0 Å². The number of carbonyl (C=O) groups is 1. The highest BCUT2D eigenvalue weighted by molar-refractivity contribution is 5.79. The van der Waals surface area contributed by atoms with Crippen LogP contribution in [0.4, 0.5) is 10.1 Å². The number of hydrogen-bond donors (Lipinski definition) is 2. The van der Waals surface area contributed by atoms with E-state index in [2.05, 4.69) is 5.32 Å². The molecule has 0 amide bonds. The normalized spacial score (nSPS) is 11.9. The third kappa shape index (κ3) is 3.15. The van der Waals surface area contributed by atoms with E-state index in [4.69, 9.17) is 0 Å². The first-order valence-corrected chi connectivity index (χ1v) is 6.29. The summed E-state index contributed by atoms with van der Waals surface area (Å²) < 4.78 is 13.6. The van der Waals surface area contributed by atoms with Crippen molar-refractivity contribution in [2.45, 2.75) is 19.9 Å². The molecule has 0 aromatic heterocycles. The summed E-state index contributed by atoms with van der Waals surface area (Å²) in [6.45, 7) is 3.56. The van der Waals surface area contributed by atoms with Gasteiger partial charge >= 0.3 is 5.97 Å². The van der Waals surface area contributed by atoms with Crippen LogP contribution in [0.2, 0.25) is 0 Å². The van der Waals surface area contributed by atoms with Crippen LogP contribution in [-0.2, 0) is 4.79 Å². The molecule has 3 nitrogen and oxygen atoms in total. The van der Waals surface area contributed by atoms with Gasteiger partial charge in [0, 0.05) is 5.69 Å². The molecule has 0 spiro atoms. The second-order valence-corrected chi connectivity index (χ2v) is 4.79. The SMILES string of the molecule is Cc1cccc(NC(C(=O)O)c2ccc(C)c(F)c2)c1. The fraction of sp³-hybridized carbons (Fsp3) is 0.188. The lowest BCUT2D eigenvalue weighted by Gasteiger charge is -2.17. The molecule has 0 saturated heterocycles. The monoisotopic (exact) mass is 273 g/mol. The second kappa shape index (κ2) is 5.74. The summed E-state index contributed by atoms with van der Waals surface area (Å²) in [7, 11) is 0. The number of carboxylic acid groups (broad SMARTS) is 1. The lowest BCUT2D eigenvalue weighted by atomic mass is 10.0. The van der Waals surface area contributed by atoms with Crippen LogP contribution in [0.25, 0.3) is 0 Å². The number of carboxylic acids is 1. The highest BCUT2D eigenvalue weighted by Gasteiger charge is 2.20. The number of aryl methyl sites for hydroxylation is 2. The molecular weight excluding hydrogens is 257 g/mol. The third-order valence-corrected chi connectivity index (χ3v) is 3.11. The van der Waals surface area contributed by atoms with E-state index in [9.17, 15) is 14.3 Å². The summed E-state index contributed by atoms with van der Waals surface area (Å²) >= 11 is 0. The minimum atomic E-state index is -1.05. The zero-order valence-corrected chi connectivity index (χ0v) is 11.4. The van der Waals surface area contributed by atoms with Gasteiger partial charge in [-0.1, -0.05) is 24.3 Å². The first kappa shape index (κ1) is 14.1. The molecule has 2 rings (SSSR count). The van der Waals surface area contributed by atoms with Gasteiger partial charge in [0.1, 0.15) is 5.82 Å². The molecule has 2 aromatic rings. The quantitative estimate of drug-likeness (QED) is 0.893. The third-order valence-electron chi connectivity index (χ3n) is 3.11. The number of aliphatic carboxylic acids is 1. The van der Waals surface area contributed by atoms with Gasteiger partial charge in [0.2, 0.25) is 0 Å². The lowest BCUT2D eigenvalue weighted by Crippen LogP contribution is -2.20. The minimum absolute atomic E-state index is 0.391. The Bertz CT molecular complexity index is 640. The molecule has 0 aliphatic rings. The van der Waals surface area contributed by atoms with Gasteiger partial charge in [0.25, 0.3) is 0 Å². The zero-order valence-electron chi connectivity index (χ0n) is 11.4. The van der Waals surface area contributed by atoms with Crippen LogP contribution in [0.5, 0.6) is 0 Å². The summed E-state index contributed by atoms with van der Waals surface area (Å²) in [6, 6.07) is 10.9. The maximum atomic E-state index is 13.6. The van der Waals surface area contributed by atoms with Crippen LogP contribution in [0.1, 0.15) is 22.7 Å². The van der Waals surface area contributed by atoms with Crippen LogP contribution in [0.3, 0.4) is 0 Å². The van der Waals surface area contributed by atoms with E-state index < -0.39 is 17.8 Å². The molecular formula is C16H16FNO2. The van der Waals surface area contributed by atoms with E-state index in [1.165, 1.54) is 6.07 Å². The average molecular weight is 273 g/mol. The largest absolute Gasteiger partial charge is 0.479 e. The lowest BCUT2D eigenvalue weighted by molar-refractivity contribution is -0.138. The Morgan fingerprint density at radius 2 is 1.95 bits per heavy atom. The average Bonchev–Trinajstić information content (AvgIpc) is 2.39. The molecule has 0 heterocycles. The first-order chi connectivity index (χ1) is 9.47. The van der Waals surface area contributed by atoms with Gasteiger partial charge < -0.3 is 10.4 Å². The maximum Gasteiger partial charge on any atom is 0.330 e. The van der Waals surface area contributed by atoms with Crippen LogP contribution in [0, 0.1) is 19.7 Å². The van der Waals surface area contributed by atoms with Crippen molar-refractivity contribution < 1.29 is 14.3 Å². The molecule has 0 aliphatic heterocycles. The van der Waals surface area contributed by atoms with E-state index in [0.717, 1.165) is 5.56 Å². The molecule has 0 aliphatic carbocycles. The summed E-state index contributed by atoms with van der Waals surface area (Å²) in [4.78, 5) is 11.4. The van der Waals surface area contributed by atoms with Gasteiger partial charge in [0.05, 0.1) is 0 Å². The predicted octanol–water partition coefficient (Wildman–Crippen LogP) is 3.68. The topological polar surface area (TPSA) is 49.3 Å². The number of hydrogen-bond acceptors (Lipinski definition) is 2. The highest BCUT2D eigenvalue weighted by atomic mass is 19.1. The fourth-order valence-corrected chi connectivity index (χ4v) is 1.98. The van der Waals surface area contributed by atoms with Gasteiger partial charge in [-0.3, -0.25) is 0 Å². The molecule has 0 saturated carbocycles. The number of halogens is 1. The van der Waals surface area contributed by atoms with E-state index >= 15 is 0 Å². The Labute approximate surface area is 117 Å². The number of rotatable bonds is 4. The molecule has 2 N–H and O–H groups in total. The Balaban J connectivity index is 2.32. The molecule has 0 fully saturated rings. The second-order valence-electron chi connectivity index (χ2n) is 4.79. The molecule has 1 atom stereocenters. The van der Waals surface area contributed by atoms with Crippen molar-refractivity contribution in [3.63, 3.8) is 0 Å². The Morgan fingerprint density at radius 3 is 2.55 bits per heavy atom. The molecule has 0 bridgehead atoms. The Kier molecular flexibility index (Phi) is 4.03. The van der Waals surface area contributed by atoms with Crippen molar-refractivity contribution in [1.82, 2.24) is 0 Å². The van der Waals surface area contributed by atoms with Crippen LogP contribution >= 0.6 is 0 Å². The van der Waals surface area contributed by atoms with Gasteiger partial charge in [0.15, 0.2) is 6.04 Å². The predicted molar refractivity (Wildman–Crippen MR) is 76.3 cm³/mol. The molecule has 1 unspecified atom stereocenters. The number of nitrogens with one attached hydrogen (secondary N) is 1. The van der Waals surface area contributed by atoms with E-state index in [1.54, 1.807) is 25.1 Å². The minimum Gasteiger partial charge on any atom is -0.479 e. The van der Waals surface area contributed by atoms with Crippen molar-refractivity contribution in [1.29, 1.82) is 0 Å². The smallest absolute Gasteiger partial charge is 0.330 e. The Hall–Kier alpha value is -2.36. The molecule has 4 heteroatoms. The molecule has 2 aromatic carbocycles. The maximum absolute atomic E-state index is 13.6. The number of anilines is 1. The fourth-order valence-electron chi connectivity index (χ4n) is 1.98.